The van der Waals surface area contributed by atoms with Gasteiger partial charge in [-0.3, -0.25) is 33.5 Å². The van der Waals surface area contributed by atoms with Gasteiger partial charge in [0, 0.05) is 61.7 Å². The minimum Gasteiger partial charge on any atom is -0.491 e. The van der Waals surface area contributed by atoms with Crippen molar-refractivity contribution in [1.29, 1.82) is 5.26 Å². The fraction of sp³-hybridized carbons (Fsp3) is 0.333. The number of nitriles is 1. The van der Waals surface area contributed by atoms with Crippen molar-refractivity contribution >= 4 is 63.7 Å². The van der Waals surface area contributed by atoms with E-state index in [9.17, 15) is 52.7 Å². The molecule has 6 aliphatic heterocycles. The number of aliphatic carboxylic acids is 1. The van der Waals surface area contributed by atoms with Gasteiger partial charge < -0.3 is 76.6 Å². The molecular weight excluding hydrogens is 1760 g/mol. The van der Waals surface area contributed by atoms with Crippen LogP contribution in [0.25, 0.3) is 0 Å². The number of carbonyl (C=O) groups is 5. The van der Waals surface area contributed by atoms with Crippen molar-refractivity contribution in [2.75, 3.05) is 56.0 Å². The Bertz CT molecular complexity index is 6190. The van der Waals surface area contributed by atoms with Crippen molar-refractivity contribution in [3.8, 4) is 23.4 Å². The standard InChI is InChI=1S/C21H25NO5S.C19H23N3O3.C15H14N4O.C14H15N3O.C14H17NO4.C14H19NO3.C5H6N2O/c1-15-9-11-17(12-10-15)28(24,25)26-14-19-18-8-6-5-7-16(18)13-22(19)20(23)27-21(2,3)4;1-19(2,3)25-18(23)22-11-13-6-4-5-7-15(13)16(22)12-24-14-8-9-21-17(20)10-14;16-10-19-8-11-3-1-2-4-13(11)14(19)9-20-12-5-6-18-15(17)7-12;15-14-7-11(5-6-16-14)18-9-13-12-4-2-1-3-10(12)8-17-13;1-14(2,3)19-13(18)15-8-9-6-4-5-7-10(9)11(15)12(16)17;1-14(2,3)18-13(17)15-8-10-6-4-5-7-11(10)12(15)9-16;6-5-3-4(8)1-2-7-5/h5-12,19H,13-14H2,1-4H3;4-10,16H,11-12H2,1-3H3,(H2,20,21);1-7,14H,8-9H2,(H2,17,18);1-7,13,17H,8-9H2,(H2,15,16);4-7,11H,8H2,1-3H3,(H,16,17);4-7,12,16H,8-9H2,1-3H3;1-3H,(H3,6,7,8). The normalized spacial score (nSPS) is 16.7. The third kappa shape index (κ3) is 28.6. The van der Waals surface area contributed by atoms with Gasteiger partial charge >= 0.3 is 30.3 Å². The molecule has 6 unspecified atom stereocenters. The molecule has 4 amide bonds. The molecule has 11 aromatic rings. The summed E-state index contributed by atoms with van der Waals surface area (Å²) in [5.41, 5.74) is 33.2. The van der Waals surface area contributed by atoms with Gasteiger partial charge in [0.05, 0.1) is 81.0 Å². The van der Waals surface area contributed by atoms with E-state index in [0.29, 0.717) is 86.3 Å². The first-order chi connectivity index (χ1) is 64.5. The molecule has 136 heavy (non-hydrogen) atoms. The highest BCUT2D eigenvalue weighted by Gasteiger charge is 2.43. The summed E-state index contributed by atoms with van der Waals surface area (Å²) in [5.74, 6) is 2.70. The first-order valence-electron chi connectivity index (χ1n) is 44.1. The van der Waals surface area contributed by atoms with E-state index in [0.717, 1.165) is 62.4 Å². The minimum atomic E-state index is -3.93. The van der Waals surface area contributed by atoms with Crippen molar-refractivity contribution in [2.24, 2.45) is 0 Å². The second-order valence-corrected chi connectivity index (χ2v) is 38.1. The van der Waals surface area contributed by atoms with Crippen molar-refractivity contribution in [3.63, 3.8) is 0 Å². The first-order valence-corrected chi connectivity index (χ1v) is 45.5. The topological polar surface area (TPSA) is 461 Å². The minimum absolute atomic E-state index is 0.0504. The van der Waals surface area contributed by atoms with Crippen molar-refractivity contribution in [3.05, 3.63) is 326 Å². The monoisotopic (exact) mass is 1870 g/mol. The van der Waals surface area contributed by atoms with Crippen LogP contribution >= 0.6 is 0 Å². The zero-order chi connectivity index (χ0) is 98.4. The van der Waals surface area contributed by atoms with Crippen LogP contribution in [0.4, 0.5) is 42.4 Å². The Labute approximate surface area is 792 Å². The molecule has 0 saturated carbocycles. The van der Waals surface area contributed by atoms with Crippen LogP contribution in [0.5, 0.6) is 17.2 Å². The van der Waals surface area contributed by atoms with Gasteiger partial charge in [0.1, 0.15) is 82.7 Å². The number of nitrogens with two attached hydrogens (primary N) is 4. The number of benzene rings is 7. The third-order valence-electron chi connectivity index (χ3n) is 21.5. The zero-order valence-electron chi connectivity index (χ0n) is 78.5. The molecule has 6 atom stereocenters. The number of rotatable bonds is 15. The number of pyridine rings is 4. The lowest BCUT2D eigenvalue weighted by atomic mass is 10.1. The molecular formula is C102H119N15O18S. The van der Waals surface area contributed by atoms with Gasteiger partial charge in [-0.15, -0.1) is 0 Å². The number of nitrogens with zero attached hydrogens (tertiary/aromatic N) is 9. The number of nitrogens with one attached hydrogen (secondary N) is 2. The van der Waals surface area contributed by atoms with E-state index in [1.165, 1.54) is 57.0 Å². The van der Waals surface area contributed by atoms with E-state index in [-0.39, 0.29) is 66.4 Å². The molecule has 12 N–H and O–H groups in total. The van der Waals surface area contributed by atoms with Gasteiger partial charge in [-0.05, 0) is 187 Å². The molecule has 4 aromatic heterocycles. The number of fused-ring (bicyclic) bond motifs is 6. The number of carboxylic acid groups (broad SMARTS) is 1. The summed E-state index contributed by atoms with van der Waals surface area (Å²) < 4.78 is 69.5. The van der Waals surface area contributed by atoms with Crippen LogP contribution in [0.2, 0.25) is 0 Å². The van der Waals surface area contributed by atoms with Crippen LogP contribution in [0.3, 0.4) is 0 Å². The Balaban J connectivity index is 0.000000155. The lowest BCUT2D eigenvalue weighted by Crippen LogP contribution is -2.38. The number of hydrogen-bond acceptors (Lipinski definition) is 27. The smallest absolute Gasteiger partial charge is 0.411 e. The van der Waals surface area contributed by atoms with E-state index in [1.807, 2.05) is 164 Å². The van der Waals surface area contributed by atoms with Gasteiger partial charge in [0.2, 0.25) is 0 Å². The third-order valence-corrected chi connectivity index (χ3v) is 22.8. The molecule has 6 aliphatic rings. The van der Waals surface area contributed by atoms with Crippen molar-refractivity contribution in [2.45, 2.75) is 193 Å². The number of aromatic amines is 1. The number of ether oxygens (including phenoxy) is 7. The molecule has 33 nitrogen and oxygen atoms in total. The van der Waals surface area contributed by atoms with Crippen LogP contribution in [0, 0.1) is 18.4 Å². The Morgan fingerprint density at radius 2 is 0.794 bits per heavy atom. The van der Waals surface area contributed by atoms with E-state index in [2.05, 4.69) is 55.7 Å². The maximum absolute atomic E-state index is 12.7. The number of carbonyl (C=O) groups excluding carboxylic acids is 4. The Kier molecular flexibility index (Phi) is 33.9. The maximum atomic E-state index is 12.7. The summed E-state index contributed by atoms with van der Waals surface area (Å²) in [6.45, 7) is 27.8. The molecule has 0 aliphatic carbocycles. The lowest BCUT2D eigenvalue weighted by molar-refractivity contribution is -0.143. The molecule has 17 rings (SSSR count). The summed E-state index contributed by atoms with van der Waals surface area (Å²) >= 11 is 0. The highest BCUT2D eigenvalue weighted by molar-refractivity contribution is 7.86. The number of amides is 4. The fourth-order valence-electron chi connectivity index (χ4n) is 15.4. The molecule has 0 bridgehead atoms. The molecule has 7 aromatic carbocycles. The lowest BCUT2D eigenvalue weighted by Gasteiger charge is -2.29. The van der Waals surface area contributed by atoms with Crippen LogP contribution in [-0.4, -0.2) is 149 Å². The van der Waals surface area contributed by atoms with Crippen LogP contribution in [0.15, 0.2) is 253 Å². The number of aromatic nitrogens is 4. The van der Waals surface area contributed by atoms with Crippen molar-refractivity contribution in [1.82, 2.24) is 49.8 Å². The summed E-state index contributed by atoms with van der Waals surface area (Å²) in [6.07, 6.45) is 6.78. The number of H-pyrrole nitrogens is 1. The van der Waals surface area contributed by atoms with Gasteiger partial charge in [-0.25, -0.2) is 38.9 Å². The average molecular weight is 1880 g/mol. The Morgan fingerprint density at radius 3 is 1.19 bits per heavy atom. The summed E-state index contributed by atoms with van der Waals surface area (Å²) in [4.78, 5) is 93.6. The van der Waals surface area contributed by atoms with E-state index >= 15 is 0 Å². The van der Waals surface area contributed by atoms with Gasteiger partial charge in [-0.1, -0.05) is 163 Å². The zero-order valence-corrected chi connectivity index (χ0v) is 79.3. The maximum Gasteiger partial charge on any atom is 0.411 e. The summed E-state index contributed by atoms with van der Waals surface area (Å²) in [5, 5.41) is 31.5. The van der Waals surface area contributed by atoms with E-state index in [1.54, 1.807) is 129 Å². The SMILES string of the molecule is CC(C)(C)OC(=O)N1Cc2ccccc2C1C(=O)O.CC(C)(C)OC(=O)N1Cc2ccccc2C1CO.CC(C)(C)OC(=O)N1Cc2ccccc2C1COc1ccnc(N)c1.Cc1ccc(S(=O)(=O)OCC2c3ccccc3CN2C(=O)OC(C)(C)C)cc1.N#CN1Cc2ccccc2C1COc1ccnc(N)c1.Nc1cc(=O)cc[nH]1.Nc1cc(OCC2NCc3ccccc32)ccn1. The molecule has 0 spiro atoms. The first kappa shape index (κ1) is 102. The quantitative estimate of drug-likeness (QED) is 0.0268. The van der Waals surface area contributed by atoms with Crippen LogP contribution in [-0.2, 0) is 77.3 Å². The highest BCUT2D eigenvalue weighted by atomic mass is 32.2. The predicted octanol–water partition coefficient (Wildman–Crippen LogP) is 16.7. The number of aliphatic hydroxyl groups is 1. The number of carboxylic acids is 1. The summed E-state index contributed by atoms with van der Waals surface area (Å²) in [6, 6.07) is 64.7. The predicted molar refractivity (Wildman–Crippen MR) is 513 cm³/mol. The van der Waals surface area contributed by atoms with Crippen molar-refractivity contribution < 1.29 is 79.9 Å². The van der Waals surface area contributed by atoms with Crippen LogP contribution < -0.4 is 47.9 Å². The number of anilines is 4. The molecule has 0 saturated heterocycles. The Hall–Kier alpha value is -14.8. The molecule has 0 fully saturated rings. The highest BCUT2D eigenvalue weighted by Crippen LogP contribution is 2.41. The molecule has 10 heterocycles. The molecule has 0 radical (unpaired) electrons. The Morgan fingerprint density at radius 1 is 0.441 bits per heavy atom. The number of hydrogen-bond donors (Lipinski definition) is 8. The van der Waals surface area contributed by atoms with Gasteiger partial charge in [0.25, 0.3) is 10.1 Å². The summed E-state index contributed by atoms with van der Waals surface area (Å²) in [7, 11) is -3.93. The molecule has 716 valence electrons. The average Bonchev–Trinajstić information content (AvgIpc) is 1.65. The second kappa shape index (κ2) is 45.3. The number of nitrogen functional groups attached to an aromatic ring is 4. The van der Waals surface area contributed by atoms with Crippen LogP contribution in [0.1, 0.15) is 192 Å². The van der Waals surface area contributed by atoms with Gasteiger partial charge in [-0.2, -0.15) is 13.7 Å². The molecule has 34 heteroatoms. The fourth-order valence-corrected chi connectivity index (χ4v) is 16.3. The number of aryl methyl sites for hydroxylation is 1. The largest absolute Gasteiger partial charge is 0.491 e. The second-order valence-electron chi connectivity index (χ2n) is 36.5. The van der Waals surface area contributed by atoms with Gasteiger partial charge in [0.15, 0.2) is 17.7 Å². The number of aliphatic hydroxyl groups excluding tert-OH is 1. The van der Waals surface area contributed by atoms with E-state index in [4.69, 9.17) is 60.3 Å². The van der Waals surface area contributed by atoms with E-state index < -0.39 is 62.8 Å².